The predicted molar refractivity (Wildman–Crippen MR) is 99.9 cm³/mol. The van der Waals surface area contributed by atoms with E-state index in [1.165, 1.54) is 6.08 Å². The van der Waals surface area contributed by atoms with Gasteiger partial charge < -0.3 is 20.5 Å². The van der Waals surface area contributed by atoms with E-state index in [0.717, 1.165) is 13.0 Å². The Morgan fingerprint density at radius 2 is 2.31 bits per heavy atom. The summed E-state index contributed by atoms with van der Waals surface area (Å²) in [4.78, 5) is 37.6. The molecule has 1 saturated heterocycles. The number of aromatic amines is 1. The molecule has 0 radical (unpaired) electrons. The number of carbonyl (C=O) groups is 2. The van der Waals surface area contributed by atoms with E-state index in [0.29, 0.717) is 41.6 Å². The Morgan fingerprint density at radius 1 is 1.50 bits per heavy atom. The third-order valence-corrected chi connectivity index (χ3v) is 4.39. The topological polar surface area (TPSA) is 103 Å². The van der Waals surface area contributed by atoms with Crippen molar-refractivity contribution in [1.29, 1.82) is 0 Å². The van der Waals surface area contributed by atoms with Gasteiger partial charge in [0.05, 0.1) is 11.8 Å². The molecule has 138 valence electrons. The molecule has 2 aromatic rings. The Kier molecular flexibility index (Phi) is 5.20. The van der Waals surface area contributed by atoms with Crippen LogP contribution in [0.5, 0.6) is 0 Å². The van der Waals surface area contributed by atoms with Gasteiger partial charge in [-0.3, -0.25) is 9.59 Å². The Labute approximate surface area is 152 Å². The quantitative estimate of drug-likeness (QED) is 0.681. The first-order valence-electron chi connectivity index (χ1n) is 8.78. The minimum atomic E-state index is -0.174. The summed E-state index contributed by atoms with van der Waals surface area (Å²) in [6.45, 7) is 9.50. The molecule has 0 saturated carbocycles. The second-order valence-electron chi connectivity index (χ2n) is 6.81. The van der Waals surface area contributed by atoms with Crippen LogP contribution in [0.25, 0.3) is 11.2 Å². The van der Waals surface area contributed by atoms with Crippen molar-refractivity contribution in [3.63, 3.8) is 0 Å². The highest BCUT2D eigenvalue weighted by Gasteiger charge is 2.24. The molecule has 26 heavy (non-hydrogen) atoms. The molecule has 1 aliphatic rings. The van der Waals surface area contributed by atoms with Crippen LogP contribution < -0.4 is 10.6 Å². The number of H-pyrrole nitrogens is 1. The zero-order chi connectivity index (χ0) is 18.7. The molecule has 3 rings (SSSR count). The fraction of sp³-hybridized carbons (Fsp3) is 0.444. The first-order chi connectivity index (χ1) is 12.5. The van der Waals surface area contributed by atoms with Gasteiger partial charge in [-0.15, -0.1) is 0 Å². The van der Waals surface area contributed by atoms with Crippen LogP contribution in [-0.4, -0.2) is 57.3 Å². The van der Waals surface area contributed by atoms with Crippen LogP contribution >= 0.6 is 0 Å². The number of nitrogens with zero attached hydrogens (tertiary/aromatic N) is 3. The van der Waals surface area contributed by atoms with Gasteiger partial charge in [-0.05, 0) is 32.3 Å². The molecule has 3 heterocycles. The first-order valence-corrected chi connectivity index (χ1v) is 8.78. The molecule has 1 fully saturated rings. The molecule has 8 nitrogen and oxygen atoms in total. The lowest BCUT2D eigenvalue weighted by Gasteiger charge is -2.14. The van der Waals surface area contributed by atoms with E-state index < -0.39 is 0 Å². The number of carbonyl (C=O) groups excluding carboxylic acids is 2. The maximum Gasteiger partial charge on any atom is 0.255 e. The lowest BCUT2D eigenvalue weighted by molar-refractivity contribution is -0.125. The highest BCUT2D eigenvalue weighted by atomic mass is 16.2. The smallest absolute Gasteiger partial charge is 0.255 e. The van der Waals surface area contributed by atoms with Gasteiger partial charge in [-0.2, -0.15) is 0 Å². The molecule has 1 aliphatic heterocycles. The van der Waals surface area contributed by atoms with E-state index in [9.17, 15) is 9.59 Å². The fourth-order valence-electron chi connectivity index (χ4n) is 3.07. The van der Waals surface area contributed by atoms with Crippen LogP contribution in [0.15, 0.2) is 25.0 Å². The second-order valence-corrected chi connectivity index (χ2v) is 6.81. The van der Waals surface area contributed by atoms with Crippen molar-refractivity contribution >= 4 is 28.8 Å². The van der Waals surface area contributed by atoms with Crippen molar-refractivity contribution < 1.29 is 9.59 Å². The molecule has 2 aromatic heterocycles. The van der Waals surface area contributed by atoms with Gasteiger partial charge in [-0.25, -0.2) is 9.97 Å². The molecule has 0 aromatic carbocycles. The van der Waals surface area contributed by atoms with Crippen LogP contribution in [0, 0.1) is 5.92 Å². The van der Waals surface area contributed by atoms with Gasteiger partial charge in [0, 0.05) is 31.9 Å². The third kappa shape index (κ3) is 3.84. The normalized spacial score (nSPS) is 16.9. The van der Waals surface area contributed by atoms with Crippen molar-refractivity contribution in [2.75, 3.05) is 25.0 Å². The van der Waals surface area contributed by atoms with Crippen LogP contribution in [0.2, 0.25) is 0 Å². The highest BCUT2D eigenvalue weighted by Crippen LogP contribution is 2.19. The summed E-state index contributed by atoms with van der Waals surface area (Å²) in [6.07, 6.45) is 5.56. The number of rotatable bonds is 6. The summed E-state index contributed by atoms with van der Waals surface area (Å²) in [7, 11) is 0. The second kappa shape index (κ2) is 7.55. The van der Waals surface area contributed by atoms with Gasteiger partial charge in [0.2, 0.25) is 5.91 Å². The van der Waals surface area contributed by atoms with E-state index in [2.05, 4.69) is 32.2 Å². The Bertz CT molecular complexity index is 828. The van der Waals surface area contributed by atoms with Crippen LogP contribution in [0.1, 0.15) is 30.6 Å². The number of nitrogens with one attached hydrogen (secondary N) is 3. The van der Waals surface area contributed by atoms with E-state index in [1.54, 1.807) is 17.3 Å². The average molecular weight is 356 g/mol. The minimum absolute atomic E-state index is 0.0261. The van der Waals surface area contributed by atoms with E-state index in [4.69, 9.17) is 0 Å². The van der Waals surface area contributed by atoms with E-state index in [-0.39, 0.29) is 17.9 Å². The van der Waals surface area contributed by atoms with Crippen molar-refractivity contribution in [3.05, 3.63) is 30.6 Å². The van der Waals surface area contributed by atoms with Gasteiger partial charge >= 0.3 is 0 Å². The summed E-state index contributed by atoms with van der Waals surface area (Å²) in [5.74, 6) is 0.768. The molecular weight excluding hydrogens is 332 g/mol. The highest BCUT2D eigenvalue weighted by molar-refractivity contribution is 6.04. The standard InChI is InChI=1S/C18H24N6O2/c1-4-15(25)24-6-5-12(10-24)7-19-14-9-21-17-16(23-14)13(8-20-17)18(26)22-11(2)3/h4,8-9,11-12H,1,5-7,10H2,2-3H3,(H,19,23)(H,20,21)(H,22,26). The van der Waals surface area contributed by atoms with Crippen LogP contribution in [0.3, 0.4) is 0 Å². The van der Waals surface area contributed by atoms with Gasteiger partial charge in [-0.1, -0.05) is 6.58 Å². The third-order valence-electron chi connectivity index (χ3n) is 4.39. The zero-order valence-corrected chi connectivity index (χ0v) is 15.1. The zero-order valence-electron chi connectivity index (χ0n) is 15.1. The molecule has 8 heteroatoms. The van der Waals surface area contributed by atoms with Crippen molar-refractivity contribution in [2.24, 2.45) is 5.92 Å². The van der Waals surface area contributed by atoms with Crippen LogP contribution in [0.4, 0.5) is 5.82 Å². The molecule has 0 spiro atoms. The van der Waals surface area contributed by atoms with E-state index >= 15 is 0 Å². The summed E-state index contributed by atoms with van der Waals surface area (Å²) < 4.78 is 0. The Morgan fingerprint density at radius 3 is 3.04 bits per heavy atom. The molecule has 1 unspecified atom stereocenters. The molecule has 3 N–H and O–H groups in total. The maximum atomic E-state index is 12.3. The van der Waals surface area contributed by atoms with Crippen LogP contribution in [-0.2, 0) is 4.79 Å². The van der Waals surface area contributed by atoms with Crippen molar-refractivity contribution in [3.8, 4) is 0 Å². The Balaban J connectivity index is 1.66. The average Bonchev–Trinajstić information content (AvgIpc) is 3.25. The number of likely N-dealkylation sites (tertiary alicyclic amines) is 1. The van der Waals surface area contributed by atoms with Crippen molar-refractivity contribution in [2.45, 2.75) is 26.3 Å². The Hall–Kier alpha value is -2.90. The SMILES string of the molecule is C=CC(=O)N1CCC(CNc2cnc3[nH]cc(C(=O)NC(C)C)c3n2)C1. The number of amides is 2. The van der Waals surface area contributed by atoms with Gasteiger partial charge in [0.25, 0.3) is 5.91 Å². The number of aromatic nitrogens is 3. The first kappa shape index (κ1) is 17.9. The largest absolute Gasteiger partial charge is 0.368 e. The summed E-state index contributed by atoms with van der Waals surface area (Å²) in [5.41, 5.74) is 1.60. The van der Waals surface area contributed by atoms with E-state index in [1.807, 2.05) is 13.8 Å². The molecule has 0 aliphatic carbocycles. The molecule has 1 atom stereocenters. The monoisotopic (exact) mass is 356 g/mol. The number of hydrogen-bond acceptors (Lipinski definition) is 5. The minimum Gasteiger partial charge on any atom is -0.368 e. The predicted octanol–water partition coefficient (Wildman–Crippen LogP) is 1.54. The lowest BCUT2D eigenvalue weighted by Crippen LogP contribution is -2.30. The molecular formula is C18H24N6O2. The summed E-state index contributed by atoms with van der Waals surface area (Å²) in [6, 6.07) is 0.0466. The maximum absolute atomic E-state index is 12.3. The number of fused-ring (bicyclic) bond motifs is 1. The van der Waals surface area contributed by atoms with Gasteiger partial charge in [0.15, 0.2) is 5.65 Å². The fourth-order valence-corrected chi connectivity index (χ4v) is 3.07. The summed E-state index contributed by atoms with van der Waals surface area (Å²) in [5, 5.41) is 6.13. The van der Waals surface area contributed by atoms with Crippen molar-refractivity contribution in [1.82, 2.24) is 25.2 Å². The number of hydrogen-bond donors (Lipinski definition) is 3. The summed E-state index contributed by atoms with van der Waals surface area (Å²) >= 11 is 0. The molecule has 2 amide bonds. The molecule has 0 bridgehead atoms. The lowest BCUT2D eigenvalue weighted by atomic mass is 10.1. The van der Waals surface area contributed by atoms with Gasteiger partial charge in [0.1, 0.15) is 11.3 Å². The number of anilines is 1.